The molecule has 102 valence electrons. The van der Waals surface area contributed by atoms with Crippen LogP contribution in [0.3, 0.4) is 0 Å². The van der Waals surface area contributed by atoms with Gasteiger partial charge in [0.05, 0.1) is 4.92 Å². The molecule has 0 atom stereocenters. The number of hydrogen-bond donors (Lipinski definition) is 3. The van der Waals surface area contributed by atoms with Crippen LogP contribution in [0.4, 0.5) is 17.1 Å². The lowest BCUT2D eigenvalue weighted by Crippen LogP contribution is -1.98. The molecule has 7 nitrogen and oxygen atoms in total. The summed E-state index contributed by atoms with van der Waals surface area (Å²) in [6, 6.07) is 9.74. The molecule has 2 rings (SSSR count). The molecule has 3 N–H and O–H groups in total. The van der Waals surface area contributed by atoms with Crippen molar-refractivity contribution in [1.29, 1.82) is 0 Å². The molecule has 2 aromatic rings. The van der Waals surface area contributed by atoms with E-state index in [1.807, 2.05) is 0 Å². The quantitative estimate of drug-likeness (QED) is 0.583. The highest BCUT2D eigenvalue weighted by Crippen LogP contribution is 2.25. The topological polar surface area (TPSA) is 113 Å². The third-order valence-electron chi connectivity index (χ3n) is 2.59. The molecule has 0 aromatic heterocycles. The normalized spacial score (nSPS) is 10.0. The second-order valence-electron chi connectivity index (χ2n) is 3.97. The Morgan fingerprint density at radius 1 is 1.10 bits per heavy atom. The summed E-state index contributed by atoms with van der Waals surface area (Å²) >= 11 is 0. The smallest absolute Gasteiger partial charge is 0.339 e. The van der Waals surface area contributed by atoms with Crippen LogP contribution in [0.2, 0.25) is 0 Å². The summed E-state index contributed by atoms with van der Waals surface area (Å²) in [5, 5.41) is 31.7. The molecule has 0 saturated carbocycles. The van der Waals surface area contributed by atoms with Crippen LogP contribution in [0.5, 0.6) is 5.75 Å². The SMILES string of the molecule is O=C(O)c1ccc(Nc2ccc([N+](=O)[O-])cc2)cc1O. The van der Waals surface area contributed by atoms with Crippen molar-refractivity contribution < 1.29 is 19.9 Å². The molecule has 0 unspecified atom stereocenters. The minimum Gasteiger partial charge on any atom is -0.507 e. The minimum absolute atomic E-state index is 0.0281. The van der Waals surface area contributed by atoms with Gasteiger partial charge in [-0.05, 0) is 24.3 Å². The van der Waals surface area contributed by atoms with Crippen molar-refractivity contribution in [3.63, 3.8) is 0 Å². The maximum absolute atomic E-state index is 10.7. The monoisotopic (exact) mass is 274 g/mol. The molecule has 2 aromatic carbocycles. The van der Waals surface area contributed by atoms with Gasteiger partial charge < -0.3 is 15.5 Å². The Morgan fingerprint density at radius 2 is 1.70 bits per heavy atom. The third kappa shape index (κ3) is 2.83. The fraction of sp³-hybridized carbons (Fsp3) is 0. The van der Waals surface area contributed by atoms with Crippen LogP contribution in [0.1, 0.15) is 10.4 Å². The fourth-order valence-electron chi connectivity index (χ4n) is 1.62. The standard InChI is InChI=1S/C13H10N2O5/c16-12-7-9(3-6-11(12)13(17)18)14-8-1-4-10(5-2-8)15(19)20/h1-7,14,16H,(H,17,18). The van der Waals surface area contributed by atoms with E-state index in [1.165, 1.54) is 42.5 Å². The Bertz CT molecular complexity index is 667. The molecule has 0 amide bonds. The first-order valence-corrected chi connectivity index (χ1v) is 5.55. The molecule has 0 fully saturated rings. The molecule has 0 aliphatic carbocycles. The average molecular weight is 274 g/mol. The van der Waals surface area contributed by atoms with E-state index in [9.17, 15) is 20.0 Å². The molecule has 0 bridgehead atoms. The van der Waals surface area contributed by atoms with Crippen LogP contribution in [0.25, 0.3) is 0 Å². The first kappa shape index (κ1) is 13.3. The lowest BCUT2D eigenvalue weighted by atomic mass is 10.1. The number of benzene rings is 2. The number of hydrogen-bond acceptors (Lipinski definition) is 5. The zero-order chi connectivity index (χ0) is 14.7. The van der Waals surface area contributed by atoms with E-state index >= 15 is 0 Å². The fourth-order valence-corrected chi connectivity index (χ4v) is 1.62. The zero-order valence-corrected chi connectivity index (χ0v) is 10.1. The molecule has 20 heavy (non-hydrogen) atoms. The summed E-state index contributed by atoms with van der Waals surface area (Å²) in [6.45, 7) is 0. The maximum atomic E-state index is 10.7. The number of nitrogens with zero attached hydrogens (tertiary/aromatic N) is 1. The molecule has 0 radical (unpaired) electrons. The predicted molar refractivity (Wildman–Crippen MR) is 71.4 cm³/mol. The highest BCUT2D eigenvalue weighted by Gasteiger charge is 2.10. The molecule has 0 aliphatic heterocycles. The van der Waals surface area contributed by atoms with Crippen molar-refractivity contribution in [3.05, 3.63) is 58.1 Å². The van der Waals surface area contributed by atoms with Gasteiger partial charge >= 0.3 is 5.97 Å². The highest BCUT2D eigenvalue weighted by molar-refractivity contribution is 5.91. The van der Waals surface area contributed by atoms with E-state index in [1.54, 1.807) is 0 Å². The number of aromatic carboxylic acids is 1. The number of carboxylic acids is 1. The lowest BCUT2D eigenvalue weighted by Gasteiger charge is -2.07. The summed E-state index contributed by atoms with van der Waals surface area (Å²) in [7, 11) is 0. The number of nitrogens with one attached hydrogen (secondary N) is 1. The predicted octanol–water partition coefficient (Wildman–Crippen LogP) is 2.74. The Morgan fingerprint density at radius 3 is 2.20 bits per heavy atom. The number of phenols is 1. The summed E-state index contributed by atoms with van der Waals surface area (Å²) in [5.74, 6) is -1.58. The van der Waals surface area contributed by atoms with Gasteiger partial charge in [0.1, 0.15) is 11.3 Å². The molecule has 0 saturated heterocycles. The van der Waals surface area contributed by atoms with Crippen LogP contribution < -0.4 is 5.32 Å². The van der Waals surface area contributed by atoms with Gasteiger partial charge in [0, 0.05) is 29.6 Å². The maximum Gasteiger partial charge on any atom is 0.339 e. The second kappa shape index (κ2) is 5.27. The van der Waals surface area contributed by atoms with Gasteiger partial charge in [-0.2, -0.15) is 0 Å². The number of aromatic hydroxyl groups is 1. The summed E-state index contributed by atoms with van der Waals surface area (Å²) in [6.07, 6.45) is 0. The molecule has 0 spiro atoms. The van der Waals surface area contributed by atoms with Gasteiger partial charge in [-0.1, -0.05) is 0 Å². The van der Waals surface area contributed by atoms with E-state index in [2.05, 4.69) is 5.32 Å². The lowest BCUT2D eigenvalue weighted by molar-refractivity contribution is -0.384. The number of anilines is 2. The average Bonchev–Trinajstić information content (AvgIpc) is 2.39. The molecular weight excluding hydrogens is 264 g/mol. The van der Waals surface area contributed by atoms with Crippen LogP contribution in [0, 0.1) is 10.1 Å². The third-order valence-corrected chi connectivity index (χ3v) is 2.59. The van der Waals surface area contributed by atoms with Crippen molar-refractivity contribution in [1.82, 2.24) is 0 Å². The van der Waals surface area contributed by atoms with Gasteiger partial charge in [-0.25, -0.2) is 4.79 Å². The summed E-state index contributed by atoms with van der Waals surface area (Å²) in [4.78, 5) is 20.8. The van der Waals surface area contributed by atoms with E-state index < -0.39 is 10.9 Å². The number of non-ortho nitro benzene ring substituents is 1. The van der Waals surface area contributed by atoms with Gasteiger partial charge in [0.25, 0.3) is 5.69 Å². The van der Waals surface area contributed by atoms with Crippen LogP contribution >= 0.6 is 0 Å². The molecule has 7 heteroatoms. The van der Waals surface area contributed by atoms with Gasteiger partial charge in [-0.15, -0.1) is 0 Å². The van der Waals surface area contributed by atoms with Crippen molar-refractivity contribution in [2.45, 2.75) is 0 Å². The zero-order valence-electron chi connectivity index (χ0n) is 10.1. The molecular formula is C13H10N2O5. The van der Waals surface area contributed by atoms with E-state index in [-0.39, 0.29) is 17.0 Å². The van der Waals surface area contributed by atoms with E-state index in [0.717, 1.165) is 0 Å². The Labute approximate surface area is 113 Å². The van der Waals surface area contributed by atoms with E-state index in [0.29, 0.717) is 11.4 Å². The van der Waals surface area contributed by atoms with Crippen molar-refractivity contribution in [2.24, 2.45) is 0 Å². The van der Waals surface area contributed by atoms with Crippen molar-refractivity contribution in [2.75, 3.05) is 5.32 Å². The van der Waals surface area contributed by atoms with Crippen molar-refractivity contribution in [3.8, 4) is 5.75 Å². The van der Waals surface area contributed by atoms with Crippen LogP contribution in [-0.4, -0.2) is 21.1 Å². The summed E-state index contributed by atoms with van der Waals surface area (Å²) < 4.78 is 0. The Kier molecular flexibility index (Phi) is 3.52. The first-order chi connectivity index (χ1) is 9.47. The van der Waals surface area contributed by atoms with Crippen molar-refractivity contribution >= 4 is 23.0 Å². The van der Waals surface area contributed by atoms with Crippen LogP contribution in [-0.2, 0) is 0 Å². The summed E-state index contributed by atoms with van der Waals surface area (Å²) in [5.41, 5.74) is 0.832. The van der Waals surface area contributed by atoms with Gasteiger partial charge in [0.15, 0.2) is 0 Å². The highest BCUT2D eigenvalue weighted by atomic mass is 16.6. The number of nitro benzene ring substituents is 1. The number of carboxylic acid groups (broad SMARTS) is 1. The number of nitro groups is 1. The Hall–Kier alpha value is -3.09. The number of rotatable bonds is 4. The minimum atomic E-state index is -1.22. The first-order valence-electron chi connectivity index (χ1n) is 5.55. The van der Waals surface area contributed by atoms with Crippen LogP contribution in [0.15, 0.2) is 42.5 Å². The Balaban J connectivity index is 2.19. The second-order valence-corrected chi connectivity index (χ2v) is 3.97. The number of carbonyl (C=O) groups is 1. The van der Waals surface area contributed by atoms with E-state index in [4.69, 9.17) is 5.11 Å². The van der Waals surface area contributed by atoms with Gasteiger partial charge in [0.2, 0.25) is 0 Å². The molecule has 0 aliphatic rings. The largest absolute Gasteiger partial charge is 0.507 e. The van der Waals surface area contributed by atoms with Gasteiger partial charge in [-0.3, -0.25) is 10.1 Å². The molecule has 0 heterocycles.